The van der Waals surface area contributed by atoms with Crippen LogP contribution >= 0.6 is 0 Å². The first kappa shape index (κ1) is 8.86. The van der Waals surface area contributed by atoms with Gasteiger partial charge in [-0.3, -0.25) is 0 Å². The summed E-state index contributed by atoms with van der Waals surface area (Å²) >= 11 is 0. The fourth-order valence-corrected chi connectivity index (χ4v) is 1.14. The summed E-state index contributed by atoms with van der Waals surface area (Å²) in [5, 5.41) is 0. The Morgan fingerprint density at radius 3 is 2.06 bits per heavy atom. The molecule has 0 atom stereocenters. The van der Waals surface area contributed by atoms with Gasteiger partial charge in [-0.15, -0.1) is 0 Å². The second-order valence-corrected chi connectivity index (χ2v) is 3.11. The highest BCUT2D eigenvalue weighted by Gasteiger charge is 2.15. The highest BCUT2D eigenvalue weighted by atomic mass is 16.6. The van der Waals surface area contributed by atoms with E-state index in [0.717, 1.165) is 0 Å². The van der Waals surface area contributed by atoms with Crippen LogP contribution in [-0.2, 0) is 9.47 Å². The highest BCUT2D eigenvalue weighted by Crippen LogP contribution is 2.16. The van der Waals surface area contributed by atoms with Crippen molar-refractivity contribution in [1.82, 2.24) is 0 Å². The van der Waals surface area contributed by atoms with Gasteiger partial charge < -0.3 is 20.9 Å². The number of primary amides is 2. The molecule has 0 saturated heterocycles. The number of carbonyl (C=O) groups excluding carboxylic acids is 2. The van der Waals surface area contributed by atoms with E-state index in [0.29, 0.717) is 0 Å². The molecule has 6 nitrogen and oxygen atoms in total. The minimum atomic E-state index is -1.02. The Morgan fingerprint density at radius 1 is 1.18 bits per heavy atom. The predicted octanol–water partition coefficient (Wildman–Crippen LogP) is 0.961. The molecule has 0 radical (unpaired) electrons. The van der Waals surface area contributed by atoms with E-state index >= 15 is 0 Å². The third-order valence-electron chi connectivity index (χ3n) is 1.88. The van der Waals surface area contributed by atoms with Gasteiger partial charge in [-0.2, -0.15) is 0 Å². The van der Waals surface area contributed by atoms with Gasteiger partial charge in [-0.1, -0.05) is 30.3 Å². The van der Waals surface area contributed by atoms with Crippen molar-refractivity contribution in [2.75, 3.05) is 13.2 Å². The van der Waals surface area contributed by atoms with Crippen LogP contribution in [-0.4, -0.2) is 25.4 Å². The Bertz CT molecular complexity index is 483. The summed E-state index contributed by atoms with van der Waals surface area (Å²) in [5.74, 6) is -0.754. The number of amides is 2. The Labute approximate surface area is 103 Å². The molecule has 4 N–H and O–H groups in total. The van der Waals surface area contributed by atoms with E-state index in [2.05, 4.69) is 9.47 Å². The Morgan fingerprint density at radius 2 is 1.65 bits per heavy atom. The molecule has 1 rings (SSSR count). The topological polar surface area (TPSA) is 105 Å². The number of hydrogen-bond donors (Lipinski definition) is 2. The summed E-state index contributed by atoms with van der Waals surface area (Å²) in [6, 6.07) is 2.29. The zero-order valence-electron chi connectivity index (χ0n) is 11.9. The zero-order valence-corrected chi connectivity index (χ0v) is 8.93. The maximum absolute atomic E-state index is 10.6. The Balaban J connectivity index is 3.02. The van der Waals surface area contributed by atoms with Crippen molar-refractivity contribution < 1.29 is 23.2 Å². The van der Waals surface area contributed by atoms with E-state index in [9.17, 15) is 9.59 Å². The number of rotatable bonds is 5. The van der Waals surface area contributed by atoms with Crippen LogP contribution in [0.1, 0.15) is 15.6 Å². The maximum Gasteiger partial charge on any atom is 0.404 e. The average molecular weight is 241 g/mol. The van der Waals surface area contributed by atoms with Crippen LogP contribution in [0.2, 0.25) is 0 Å². The molecule has 0 spiro atoms. The summed E-state index contributed by atoms with van der Waals surface area (Å²) in [6.07, 6.45) is -2.05. The monoisotopic (exact) mass is 241 g/mol. The zero-order chi connectivity index (χ0) is 15.3. The van der Waals surface area contributed by atoms with Crippen LogP contribution in [0.25, 0.3) is 0 Å². The molecule has 0 aliphatic heterocycles. The van der Waals surface area contributed by atoms with Crippen molar-refractivity contribution in [3.05, 3.63) is 35.8 Å². The van der Waals surface area contributed by atoms with Gasteiger partial charge in [0.1, 0.15) is 13.2 Å². The lowest BCUT2D eigenvalue weighted by atomic mass is 10.0. The molecule has 17 heavy (non-hydrogen) atoms. The molecule has 0 aliphatic rings. The van der Waals surface area contributed by atoms with Crippen LogP contribution in [0.5, 0.6) is 0 Å². The van der Waals surface area contributed by atoms with Crippen LogP contribution in [0, 0.1) is 0 Å². The van der Waals surface area contributed by atoms with Gasteiger partial charge in [0, 0.05) is 0 Å². The third kappa shape index (κ3) is 4.87. The summed E-state index contributed by atoms with van der Waals surface area (Å²) < 4.78 is 32.2. The van der Waals surface area contributed by atoms with Gasteiger partial charge in [0.05, 0.1) is 10.0 Å². The maximum atomic E-state index is 10.6. The van der Waals surface area contributed by atoms with Gasteiger partial charge in [-0.05, 0) is 5.56 Å². The molecule has 0 aromatic heterocycles. The predicted molar refractivity (Wildman–Crippen MR) is 60.3 cm³/mol. The number of hydrogen-bond acceptors (Lipinski definition) is 4. The number of benzene rings is 1. The lowest BCUT2D eigenvalue weighted by Gasteiger charge is -2.16. The Kier molecular flexibility index (Phi) is 3.32. The largest absolute Gasteiger partial charge is 0.449 e. The van der Waals surface area contributed by atoms with Crippen molar-refractivity contribution in [3.63, 3.8) is 0 Å². The Hall–Kier alpha value is -2.24. The van der Waals surface area contributed by atoms with Gasteiger partial charge in [-0.25, -0.2) is 9.59 Å². The van der Waals surface area contributed by atoms with Gasteiger partial charge in [0.2, 0.25) is 0 Å². The van der Waals surface area contributed by atoms with Crippen molar-refractivity contribution in [2.45, 2.75) is 5.92 Å². The molecular formula is C11H14N2O4. The SMILES string of the molecule is [2H]c1cc([2H])c(C(COC(N)=O)COC(N)=O)c([2H])c1. The lowest BCUT2D eigenvalue weighted by molar-refractivity contribution is 0.116. The van der Waals surface area contributed by atoms with E-state index in [-0.39, 0.29) is 36.9 Å². The quantitative estimate of drug-likeness (QED) is 0.800. The molecule has 1 aromatic rings. The second-order valence-electron chi connectivity index (χ2n) is 3.11. The van der Waals surface area contributed by atoms with Gasteiger partial charge in [0.15, 0.2) is 0 Å². The minimum absolute atomic E-state index is 0.00846. The number of carbonyl (C=O) groups is 2. The fourth-order valence-electron chi connectivity index (χ4n) is 1.14. The highest BCUT2D eigenvalue weighted by molar-refractivity contribution is 5.65. The first-order chi connectivity index (χ1) is 9.31. The molecule has 2 amide bonds. The van der Waals surface area contributed by atoms with Crippen molar-refractivity contribution in [3.8, 4) is 0 Å². The average Bonchev–Trinajstić information content (AvgIpc) is 2.29. The van der Waals surface area contributed by atoms with Gasteiger partial charge >= 0.3 is 12.2 Å². The molecule has 0 heterocycles. The molecule has 0 fully saturated rings. The minimum Gasteiger partial charge on any atom is -0.449 e. The summed E-state index contributed by atoms with van der Waals surface area (Å²) in [6.45, 7) is -0.532. The van der Waals surface area contributed by atoms with Crippen molar-refractivity contribution >= 4 is 12.2 Å². The van der Waals surface area contributed by atoms with E-state index in [4.69, 9.17) is 15.6 Å². The standard InChI is InChI=1S/C11H14N2O4/c12-10(14)16-6-9(7-17-11(13)15)8-4-2-1-3-5-8/h1-5,9H,6-7H2,(H2,12,14)(H2,13,15)/i1D,4D,5D. The van der Waals surface area contributed by atoms with Crippen LogP contribution in [0.3, 0.4) is 0 Å². The first-order valence-electron chi connectivity index (χ1n) is 6.23. The first-order valence-corrected chi connectivity index (χ1v) is 4.73. The molecule has 6 heteroatoms. The van der Waals surface area contributed by atoms with Crippen molar-refractivity contribution in [1.29, 1.82) is 0 Å². The smallest absolute Gasteiger partial charge is 0.404 e. The molecule has 0 unspecified atom stereocenters. The van der Waals surface area contributed by atoms with E-state index in [1.165, 1.54) is 12.1 Å². The summed E-state index contributed by atoms with van der Waals surface area (Å²) in [7, 11) is 0. The summed E-state index contributed by atoms with van der Waals surface area (Å²) in [4.78, 5) is 21.3. The van der Waals surface area contributed by atoms with Crippen LogP contribution in [0.15, 0.2) is 30.3 Å². The van der Waals surface area contributed by atoms with Crippen LogP contribution < -0.4 is 11.5 Å². The third-order valence-corrected chi connectivity index (χ3v) is 1.88. The summed E-state index contributed by atoms with van der Waals surface area (Å²) in [5.41, 5.74) is 9.90. The van der Waals surface area contributed by atoms with E-state index in [1.807, 2.05) is 0 Å². The molecular weight excluding hydrogens is 224 g/mol. The molecule has 92 valence electrons. The van der Waals surface area contributed by atoms with Crippen LogP contribution in [0.4, 0.5) is 9.59 Å². The van der Waals surface area contributed by atoms with Gasteiger partial charge in [0.25, 0.3) is 0 Å². The molecule has 1 aromatic carbocycles. The number of nitrogens with two attached hydrogens (primary N) is 2. The molecule has 0 bridgehead atoms. The fraction of sp³-hybridized carbons (Fsp3) is 0.273. The molecule has 0 aliphatic carbocycles. The number of ether oxygens (including phenoxy) is 2. The lowest BCUT2D eigenvalue weighted by Crippen LogP contribution is -2.23. The van der Waals surface area contributed by atoms with E-state index < -0.39 is 18.1 Å². The molecule has 0 saturated carbocycles. The second kappa shape index (κ2) is 6.37. The van der Waals surface area contributed by atoms with Crippen molar-refractivity contribution in [2.24, 2.45) is 11.5 Å². The van der Waals surface area contributed by atoms with E-state index in [1.54, 1.807) is 0 Å². The normalized spacial score (nSPS) is 12.4.